The summed E-state index contributed by atoms with van der Waals surface area (Å²) in [6.45, 7) is 1.45. The van der Waals surface area contributed by atoms with E-state index in [1.165, 1.54) is 7.11 Å². The van der Waals surface area contributed by atoms with Crippen LogP contribution in [-0.4, -0.2) is 32.3 Å². The lowest BCUT2D eigenvalue weighted by Gasteiger charge is -2.16. The Hall–Kier alpha value is -1.82. The molecule has 0 saturated heterocycles. The number of nitro groups is 1. The molecule has 1 aromatic rings. The highest BCUT2D eigenvalue weighted by atomic mass is 16.6. The van der Waals surface area contributed by atoms with Crippen LogP contribution in [0.3, 0.4) is 0 Å². The fourth-order valence-corrected chi connectivity index (χ4v) is 2.31. The number of nitrogens with zero attached hydrogens (tertiary/aromatic N) is 1. The minimum atomic E-state index is -0.407. The Morgan fingerprint density at radius 1 is 1.40 bits per heavy atom. The van der Waals surface area contributed by atoms with Crippen LogP contribution in [0.15, 0.2) is 18.2 Å². The Kier molecular flexibility index (Phi) is 4.44. The van der Waals surface area contributed by atoms with Gasteiger partial charge in [-0.25, -0.2) is 0 Å². The maximum atomic E-state index is 11.2. The van der Waals surface area contributed by atoms with Gasteiger partial charge in [0.05, 0.1) is 12.0 Å². The van der Waals surface area contributed by atoms with Crippen LogP contribution >= 0.6 is 0 Å². The zero-order valence-corrected chi connectivity index (χ0v) is 11.8. The Bertz CT molecular complexity index is 486. The first-order chi connectivity index (χ1) is 9.62. The highest BCUT2D eigenvalue weighted by molar-refractivity contribution is 5.68. The third kappa shape index (κ3) is 3.19. The van der Waals surface area contributed by atoms with E-state index in [1.54, 1.807) is 25.3 Å². The van der Waals surface area contributed by atoms with E-state index in [4.69, 9.17) is 9.47 Å². The molecule has 0 heterocycles. The quantitative estimate of drug-likeness (QED) is 0.585. The molecule has 6 nitrogen and oxygen atoms in total. The minimum Gasteiger partial charge on any atom is -0.490 e. The van der Waals surface area contributed by atoms with Gasteiger partial charge < -0.3 is 14.8 Å². The van der Waals surface area contributed by atoms with Gasteiger partial charge in [0.2, 0.25) is 0 Å². The lowest BCUT2D eigenvalue weighted by molar-refractivity contribution is -0.384. The van der Waals surface area contributed by atoms with E-state index < -0.39 is 4.92 Å². The molecule has 1 aliphatic carbocycles. The summed E-state index contributed by atoms with van der Waals surface area (Å²) < 4.78 is 10.2. The van der Waals surface area contributed by atoms with E-state index in [0.29, 0.717) is 5.69 Å². The molecule has 20 heavy (non-hydrogen) atoms. The fourth-order valence-electron chi connectivity index (χ4n) is 2.31. The summed E-state index contributed by atoms with van der Waals surface area (Å²) in [5, 5.41) is 14.4. The number of hydrogen-bond donors (Lipinski definition) is 1. The molecule has 0 aliphatic heterocycles. The third-order valence-corrected chi connectivity index (χ3v) is 3.85. The van der Waals surface area contributed by atoms with Crippen molar-refractivity contribution in [2.45, 2.75) is 19.3 Å². The normalized spacial score (nSPS) is 15.7. The zero-order valence-electron chi connectivity index (χ0n) is 11.8. The monoisotopic (exact) mass is 280 g/mol. The van der Waals surface area contributed by atoms with Crippen LogP contribution < -0.4 is 10.1 Å². The molecule has 6 heteroatoms. The van der Waals surface area contributed by atoms with Crippen LogP contribution in [0.25, 0.3) is 0 Å². The molecular formula is C14H20N2O4. The number of anilines is 1. The predicted molar refractivity (Wildman–Crippen MR) is 76.3 cm³/mol. The molecule has 1 fully saturated rings. The standard InChI is InChI=1S/C14H20N2O4/c1-19-9-8-14(6-7-14)10-15-11-4-3-5-12(20-2)13(11)16(17)18/h3-5,15H,6-10H2,1-2H3. The molecule has 1 aromatic carbocycles. The maximum Gasteiger partial charge on any atom is 0.333 e. The summed E-state index contributed by atoms with van der Waals surface area (Å²) in [4.78, 5) is 10.8. The van der Waals surface area contributed by atoms with Crippen molar-refractivity contribution in [2.75, 3.05) is 32.7 Å². The Labute approximate surface area is 118 Å². The predicted octanol–water partition coefficient (Wildman–Crippen LogP) is 2.83. The molecule has 0 amide bonds. The molecule has 1 aliphatic rings. The Balaban J connectivity index is 2.08. The second kappa shape index (κ2) is 6.09. The Morgan fingerprint density at radius 2 is 2.15 bits per heavy atom. The van der Waals surface area contributed by atoms with E-state index in [9.17, 15) is 10.1 Å². The number of rotatable bonds is 8. The van der Waals surface area contributed by atoms with Crippen LogP contribution in [0.1, 0.15) is 19.3 Å². The van der Waals surface area contributed by atoms with Crippen molar-refractivity contribution >= 4 is 11.4 Å². The van der Waals surface area contributed by atoms with Gasteiger partial charge in [0, 0.05) is 20.3 Å². The first-order valence-corrected chi connectivity index (χ1v) is 6.66. The van der Waals surface area contributed by atoms with Gasteiger partial charge in [0.1, 0.15) is 5.69 Å². The molecule has 0 bridgehead atoms. The molecule has 1 saturated carbocycles. The van der Waals surface area contributed by atoms with Crippen molar-refractivity contribution in [2.24, 2.45) is 5.41 Å². The van der Waals surface area contributed by atoms with Crippen molar-refractivity contribution in [1.82, 2.24) is 0 Å². The average Bonchev–Trinajstić information content (AvgIpc) is 3.22. The average molecular weight is 280 g/mol. The smallest absolute Gasteiger partial charge is 0.333 e. The largest absolute Gasteiger partial charge is 0.490 e. The molecule has 2 rings (SSSR count). The van der Waals surface area contributed by atoms with Crippen LogP contribution in [0, 0.1) is 15.5 Å². The van der Waals surface area contributed by atoms with Gasteiger partial charge in [0.15, 0.2) is 5.75 Å². The number of ether oxygens (including phenoxy) is 2. The maximum absolute atomic E-state index is 11.2. The van der Waals surface area contributed by atoms with Gasteiger partial charge in [-0.2, -0.15) is 0 Å². The molecule has 110 valence electrons. The zero-order chi connectivity index (χ0) is 14.6. The summed E-state index contributed by atoms with van der Waals surface area (Å²) in [6.07, 6.45) is 3.26. The summed E-state index contributed by atoms with van der Waals surface area (Å²) in [6, 6.07) is 5.07. The second-order valence-corrected chi connectivity index (χ2v) is 5.21. The van der Waals surface area contributed by atoms with E-state index in [1.807, 2.05) is 0 Å². The lowest BCUT2D eigenvalue weighted by atomic mass is 10.0. The topological polar surface area (TPSA) is 73.6 Å². The first-order valence-electron chi connectivity index (χ1n) is 6.66. The van der Waals surface area contributed by atoms with E-state index in [2.05, 4.69) is 5.32 Å². The van der Waals surface area contributed by atoms with Crippen molar-refractivity contribution in [3.05, 3.63) is 28.3 Å². The highest BCUT2D eigenvalue weighted by Gasteiger charge is 2.42. The van der Waals surface area contributed by atoms with Gasteiger partial charge in [-0.3, -0.25) is 10.1 Å². The third-order valence-electron chi connectivity index (χ3n) is 3.85. The number of benzene rings is 1. The van der Waals surface area contributed by atoms with E-state index in [-0.39, 0.29) is 16.9 Å². The van der Waals surface area contributed by atoms with Crippen molar-refractivity contribution < 1.29 is 14.4 Å². The van der Waals surface area contributed by atoms with E-state index >= 15 is 0 Å². The number of hydrogen-bond acceptors (Lipinski definition) is 5. The summed E-state index contributed by atoms with van der Waals surface area (Å²) in [5.41, 5.74) is 0.739. The number of nitrogens with one attached hydrogen (secondary N) is 1. The van der Waals surface area contributed by atoms with Gasteiger partial charge in [-0.15, -0.1) is 0 Å². The Morgan fingerprint density at radius 3 is 2.70 bits per heavy atom. The summed E-state index contributed by atoms with van der Waals surface area (Å²) >= 11 is 0. The molecule has 0 aromatic heterocycles. The van der Waals surface area contributed by atoms with Crippen molar-refractivity contribution in [3.8, 4) is 5.75 Å². The summed E-state index contributed by atoms with van der Waals surface area (Å²) in [7, 11) is 3.13. The van der Waals surface area contributed by atoms with Crippen LogP contribution in [0.5, 0.6) is 5.75 Å². The molecule has 0 atom stereocenters. The molecule has 0 spiro atoms. The highest BCUT2D eigenvalue weighted by Crippen LogP contribution is 2.49. The van der Waals surface area contributed by atoms with Gasteiger partial charge in [0.25, 0.3) is 0 Å². The van der Waals surface area contributed by atoms with Gasteiger partial charge in [-0.05, 0) is 36.8 Å². The summed E-state index contributed by atoms with van der Waals surface area (Å²) in [5.74, 6) is 0.279. The number of nitro benzene ring substituents is 1. The minimum absolute atomic E-state index is 0.00228. The first kappa shape index (κ1) is 14.6. The van der Waals surface area contributed by atoms with Crippen molar-refractivity contribution in [3.63, 3.8) is 0 Å². The van der Waals surface area contributed by atoms with Crippen LogP contribution in [0.2, 0.25) is 0 Å². The van der Waals surface area contributed by atoms with Gasteiger partial charge >= 0.3 is 5.69 Å². The number of para-hydroxylation sites is 1. The number of methoxy groups -OCH3 is 2. The fraction of sp³-hybridized carbons (Fsp3) is 0.571. The van der Waals surface area contributed by atoms with Gasteiger partial charge in [-0.1, -0.05) is 6.07 Å². The molecule has 0 unspecified atom stereocenters. The van der Waals surface area contributed by atoms with Crippen molar-refractivity contribution in [1.29, 1.82) is 0 Å². The van der Waals surface area contributed by atoms with Crippen LogP contribution in [0.4, 0.5) is 11.4 Å². The molecule has 0 radical (unpaired) electrons. The SMILES string of the molecule is COCCC1(CNc2cccc(OC)c2[N+](=O)[O-])CC1. The lowest BCUT2D eigenvalue weighted by Crippen LogP contribution is -2.18. The molecule has 1 N–H and O–H groups in total. The molecular weight excluding hydrogens is 260 g/mol. The second-order valence-electron chi connectivity index (χ2n) is 5.21. The van der Waals surface area contributed by atoms with E-state index in [0.717, 1.165) is 32.4 Å². The van der Waals surface area contributed by atoms with Crippen LogP contribution in [-0.2, 0) is 4.74 Å².